The molecule has 1 heterocycles. The van der Waals surface area contributed by atoms with Crippen molar-refractivity contribution in [3.8, 4) is 0 Å². The molecule has 0 amide bonds. The fraction of sp³-hybridized carbons (Fsp3) is 0.800. The van der Waals surface area contributed by atoms with E-state index in [1.807, 2.05) is 0 Å². The number of aliphatic carboxylic acids is 1. The highest BCUT2D eigenvalue weighted by Crippen LogP contribution is 2.26. The Morgan fingerprint density at radius 2 is 2.56 bits per heavy atom. The molecule has 1 aliphatic rings. The first-order valence-electron chi connectivity index (χ1n) is 2.77. The van der Waals surface area contributed by atoms with Gasteiger partial charge in [0.05, 0.1) is 0 Å². The van der Waals surface area contributed by atoms with Crippen molar-refractivity contribution in [1.29, 1.82) is 0 Å². The normalized spacial score (nSPS) is 34.8. The summed E-state index contributed by atoms with van der Waals surface area (Å²) in [7, 11) is 0. The van der Waals surface area contributed by atoms with Gasteiger partial charge < -0.3 is 5.11 Å². The van der Waals surface area contributed by atoms with Gasteiger partial charge in [-0.3, -0.25) is 5.32 Å². The largest absolute Gasteiger partial charge is 0.479 e. The lowest BCUT2D eigenvalue weighted by atomic mass is 10.3. The second-order valence-corrected chi connectivity index (χ2v) is 3.63. The van der Waals surface area contributed by atoms with E-state index in [0.717, 1.165) is 12.3 Å². The van der Waals surface area contributed by atoms with Crippen LogP contribution in [0, 0.1) is 0 Å². The topological polar surface area (TPSA) is 49.3 Å². The van der Waals surface area contributed by atoms with Crippen LogP contribution in [0.25, 0.3) is 0 Å². The minimum absolute atomic E-state index is 0.722. The quantitative estimate of drug-likeness (QED) is 0.553. The van der Waals surface area contributed by atoms with Gasteiger partial charge >= 0.3 is 5.97 Å². The Kier molecular flexibility index (Phi) is 1.68. The molecule has 1 aliphatic heterocycles. The molecule has 0 aromatic carbocycles. The van der Waals surface area contributed by atoms with Crippen molar-refractivity contribution in [2.75, 3.05) is 12.3 Å². The van der Waals surface area contributed by atoms with E-state index in [9.17, 15) is 4.79 Å². The molecule has 0 aliphatic carbocycles. The lowest BCUT2D eigenvalue weighted by Gasteiger charge is -2.15. The van der Waals surface area contributed by atoms with E-state index in [1.54, 1.807) is 6.92 Å². The molecular weight excluding hydrogens is 138 g/mol. The van der Waals surface area contributed by atoms with Crippen molar-refractivity contribution in [3.63, 3.8) is 0 Å². The molecule has 0 bridgehead atoms. The molecule has 3 nitrogen and oxygen atoms in total. The zero-order valence-corrected chi connectivity index (χ0v) is 5.99. The molecule has 9 heavy (non-hydrogen) atoms. The molecule has 0 saturated carbocycles. The summed E-state index contributed by atoms with van der Waals surface area (Å²) in [5.74, 6) is 0.119. The van der Waals surface area contributed by atoms with E-state index >= 15 is 0 Å². The maximum absolute atomic E-state index is 10.4. The van der Waals surface area contributed by atoms with Gasteiger partial charge in [0.1, 0.15) is 0 Å². The van der Waals surface area contributed by atoms with Gasteiger partial charge in [-0.15, -0.1) is 11.8 Å². The third-order valence-corrected chi connectivity index (χ3v) is 2.67. The van der Waals surface area contributed by atoms with Crippen LogP contribution in [0.2, 0.25) is 0 Å². The van der Waals surface area contributed by atoms with Crippen LogP contribution in [0.5, 0.6) is 0 Å². The molecular formula is C5H9NO2S. The number of nitrogens with one attached hydrogen (secondary N) is 1. The number of thioether (sulfide) groups is 1. The summed E-state index contributed by atoms with van der Waals surface area (Å²) in [6.45, 7) is 2.49. The molecule has 4 heteroatoms. The molecule has 0 radical (unpaired) electrons. The summed E-state index contributed by atoms with van der Waals surface area (Å²) in [5.41, 5.74) is 0. The molecule has 52 valence electrons. The minimum atomic E-state index is -0.773. The van der Waals surface area contributed by atoms with Crippen molar-refractivity contribution in [1.82, 2.24) is 5.32 Å². The van der Waals surface area contributed by atoms with Crippen LogP contribution in [0.15, 0.2) is 0 Å². The highest BCUT2D eigenvalue weighted by Gasteiger charge is 2.36. The van der Waals surface area contributed by atoms with Crippen molar-refractivity contribution in [2.24, 2.45) is 0 Å². The molecule has 0 aromatic heterocycles. The van der Waals surface area contributed by atoms with Gasteiger partial charge in [0.15, 0.2) is 4.87 Å². The Labute approximate surface area is 57.8 Å². The number of carbonyl (C=O) groups is 1. The predicted molar refractivity (Wildman–Crippen MR) is 36.5 cm³/mol. The fourth-order valence-electron chi connectivity index (χ4n) is 0.733. The Balaban J connectivity index is 2.61. The maximum Gasteiger partial charge on any atom is 0.334 e. The van der Waals surface area contributed by atoms with Gasteiger partial charge in [-0.25, -0.2) is 4.79 Å². The summed E-state index contributed by atoms with van der Waals surface area (Å²) in [4.78, 5) is 9.72. The molecule has 1 saturated heterocycles. The summed E-state index contributed by atoms with van der Waals surface area (Å²) >= 11 is 1.44. The van der Waals surface area contributed by atoms with E-state index in [0.29, 0.717) is 0 Å². The average Bonchev–Trinajstić information content (AvgIpc) is 2.16. The summed E-state index contributed by atoms with van der Waals surface area (Å²) < 4.78 is 0. The second-order valence-electron chi connectivity index (χ2n) is 2.11. The number of hydrogen-bond acceptors (Lipinski definition) is 3. The van der Waals surface area contributed by atoms with Crippen molar-refractivity contribution < 1.29 is 9.90 Å². The Morgan fingerprint density at radius 1 is 1.89 bits per heavy atom. The van der Waals surface area contributed by atoms with E-state index in [2.05, 4.69) is 5.32 Å². The number of carboxylic acids is 1. The van der Waals surface area contributed by atoms with E-state index < -0.39 is 10.8 Å². The smallest absolute Gasteiger partial charge is 0.334 e. The lowest BCUT2D eigenvalue weighted by Crippen LogP contribution is -2.41. The van der Waals surface area contributed by atoms with Crippen LogP contribution >= 0.6 is 11.8 Å². The molecule has 1 atom stereocenters. The molecule has 2 N–H and O–H groups in total. The third kappa shape index (κ3) is 1.19. The van der Waals surface area contributed by atoms with Gasteiger partial charge in [-0.2, -0.15) is 0 Å². The first-order chi connectivity index (χ1) is 4.15. The van der Waals surface area contributed by atoms with E-state index in [-0.39, 0.29) is 0 Å². The van der Waals surface area contributed by atoms with Crippen LogP contribution in [0.3, 0.4) is 0 Å². The molecule has 0 spiro atoms. The molecule has 1 fully saturated rings. The molecule has 0 aromatic rings. The van der Waals surface area contributed by atoms with Gasteiger partial charge in [-0.05, 0) is 6.92 Å². The van der Waals surface area contributed by atoms with Gasteiger partial charge in [0.25, 0.3) is 0 Å². The highest BCUT2D eigenvalue weighted by molar-refractivity contribution is 8.01. The number of carboxylic acid groups (broad SMARTS) is 1. The zero-order chi connectivity index (χ0) is 6.91. The fourth-order valence-corrected chi connectivity index (χ4v) is 1.67. The van der Waals surface area contributed by atoms with Gasteiger partial charge in [0, 0.05) is 12.3 Å². The summed E-state index contributed by atoms with van der Waals surface area (Å²) in [6, 6.07) is 0. The minimum Gasteiger partial charge on any atom is -0.479 e. The monoisotopic (exact) mass is 147 g/mol. The van der Waals surface area contributed by atoms with E-state index in [1.165, 1.54) is 11.8 Å². The first kappa shape index (κ1) is 6.89. The van der Waals surface area contributed by atoms with Crippen LogP contribution in [0.4, 0.5) is 0 Å². The SMILES string of the molecule is CC1(C(=O)O)NCCS1. The third-order valence-electron chi connectivity index (χ3n) is 1.36. The first-order valence-corrected chi connectivity index (χ1v) is 3.76. The van der Waals surface area contributed by atoms with E-state index in [4.69, 9.17) is 5.11 Å². The summed E-state index contributed by atoms with van der Waals surface area (Å²) in [5, 5.41) is 11.5. The Morgan fingerprint density at radius 3 is 2.78 bits per heavy atom. The molecule has 1 unspecified atom stereocenters. The molecule has 1 rings (SSSR count). The average molecular weight is 147 g/mol. The van der Waals surface area contributed by atoms with Gasteiger partial charge in [0.2, 0.25) is 0 Å². The van der Waals surface area contributed by atoms with Crippen LogP contribution in [-0.4, -0.2) is 28.2 Å². The van der Waals surface area contributed by atoms with Crippen LogP contribution in [0.1, 0.15) is 6.92 Å². The Hall–Kier alpha value is -0.220. The van der Waals surface area contributed by atoms with Crippen molar-refractivity contribution in [2.45, 2.75) is 11.8 Å². The van der Waals surface area contributed by atoms with Crippen molar-refractivity contribution in [3.05, 3.63) is 0 Å². The predicted octanol–water partition coefficient (Wildman–Crippen LogP) is 0.124. The highest BCUT2D eigenvalue weighted by atomic mass is 32.2. The standard InChI is InChI=1S/C5H9NO2S/c1-5(4(7)8)6-2-3-9-5/h6H,2-3H2,1H3,(H,7,8). The lowest BCUT2D eigenvalue weighted by molar-refractivity contribution is -0.140. The van der Waals surface area contributed by atoms with Crippen molar-refractivity contribution >= 4 is 17.7 Å². The van der Waals surface area contributed by atoms with Crippen LogP contribution in [-0.2, 0) is 4.79 Å². The summed E-state index contributed by atoms with van der Waals surface area (Å²) in [6.07, 6.45) is 0. The van der Waals surface area contributed by atoms with Gasteiger partial charge in [-0.1, -0.05) is 0 Å². The maximum atomic E-state index is 10.4. The number of rotatable bonds is 1. The Bertz CT molecular complexity index is 131. The zero-order valence-electron chi connectivity index (χ0n) is 5.18. The number of hydrogen-bond donors (Lipinski definition) is 2. The second kappa shape index (κ2) is 2.19. The van der Waals surface area contributed by atoms with Crippen LogP contribution < -0.4 is 5.32 Å².